The molecule has 4 aliphatic rings. The number of allylic oxidation sites excluding steroid dienone is 1. The van der Waals surface area contributed by atoms with Crippen molar-refractivity contribution in [3.05, 3.63) is 71.8 Å². The number of hydrogen-bond donors (Lipinski definition) is 3. The minimum absolute atomic E-state index is 0.0232. The lowest BCUT2D eigenvalue weighted by Gasteiger charge is -2.60. The molecule has 2 heterocycles. The second-order valence-corrected chi connectivity index (χ2v) is 18.3. The van der Waals surface area contributed by atoms with Crippen LogP contribution in [0.1, 0.15) is 158 Å². The lowest BCUT2D eigenvalue weighted by atomic mass is 9.55. The van der Waals surface area contributed by atoms with E-state index in [1.165, 1.54) is 44.9 Å². The summed E-state index contributed by atoms with van der Waals surface area (Å²) < 4.78 is 31.8. The molecule has 2 aliphatic heterocycles. The van der Waals surface area contributed by atoms with Gasteiger partial charge in [-0.1, -0.05) is 102 Å². The van der Waals surface area contributed by atoms with E-state index < -0.39 is 23.8 Å². The van der Waals surface area contributed by atoms with Crippen LogP contribution in [0.4, 0.5) is 4.79 Å². The highest BCUT2D eigenvalue weighted by atomic mass is 16.7. The summed E-state index contributed by atoms with van der Waals surface area (Å²) in [5.41, 5.74) is 3.00. The Morgan fingerprint density at radius 2 is 1.58 bits per heavy atom. The first-order valence-electron chi connectivity index (χ1n) is 25.2. The molecular formula is C53H77N3O10. The molecule has 2 aromatic carbocycles. The smallest absolute Gasteiger partial charge is 0.412 e. The highest BCUT2D eigenvalue weighted by Crippen LogP contribution is 2.62. The van der Waals surface area contributed by atoms with Crippen LogP contribution in [0.25, 0.3) is 0 Å². The lowest BCUT2D eigenvalue weighted by Crippen LogP contribution is -2.70. The number of benzene rings is 2. The molecule has 1 saturated carbocycles. The number of unbranched alkanes of at least 4 members (excludes halogenated alkanes) is 11. The van der Waals surface area contributed by atoms with E-state index in [4.69, 9.17) is 33.7 Å². The summed E-state index contributed by atoms with van der Waals surface area (Å²) in [6.07, 6.45) is 21.1. The molecule has 66 heavy (non-hydrogen) atoms. The standard InChI is InChI=1S/C53H77N3O10/c1-5-9-10-11-12-13-14-15-16-19-28-54-52(60)65-40-25-27-45-43(35-40)49-41(23-18-21-31-58)38(22-17-20-30-57)33-42-44(55-64-8-4)36-48(53(66-45,50(42)49)63-32-7-3)56(29-6-2)51(59)39-24-26-46-47(34-39)62-37-61-46/h7,24-27,33-35,38,41,48-50,57-58H,3,5-6,8-23,28-32,36-37H2,1-2,4H3,(H,54,60)/t38-,41+,48-,49+,50+,53+/m0/s1. The lowest BCUT2D eigenvalue weighted by molar-refractivity contribution is -0.254. The third-order valence-corrected chi connectivity index (χ3v) is 13.7. The van der Waals surface area contributed by atoms with Crippen LogP contribution in [0.2, 0.25) is 0 Å². The van der Waals surface area contributed by atoms with Gasteiger partial charge in [0, 0.05) is 49.8 Å². The molecule has 0 unspecified atom stereocenters. The summed E-state index contributed by atoms with van der Waals surface area (Å²) >= 11 is 0. The quantitative estimate of drug-likeness (QED) is 0.0408. The van der Waals surface area contributed by atoms with E-state index in [-0.39, 0.29) is 56.7 Å². The Bertz CT molecular complexity index is 1940. The number of oxime groups is 1. The first-order valence-corrected chi connectivity index (χ1v) is 25.2. The van der Waals surface area contributed by atoms with E-state index in [1.54, 1.807) is 30.3 Å². The normalized spacial score (nSPS) is 23.0. The van der Waals surface area contributed by atoms with Crippen LogP contribution < -0.4 is 24.3 Å². The van der Waals surface area contributed by atoms with Gasteiger partial charge in [0.25, 0.3) is 5.91 Å². The van der Waals surface area contributed by atoms with Gasteiger partial charge in [-0.3, -0.25) is 4.79 Å². The fraction of sp³-hybridized carbons (Fsp3) is 0.642. The van der Waals surface area contributed by atoms with E-state index in [9.17, 15) is 15.0 Å². The fourth-order valence-electron chi connectivity index (χ4n) is 10.6. The van der Waals surface area contributed by atoms with Gasteiger partial charge in [0.15, 0.2) is 11.5 Å². The highest BCUT2D eigenvalue weighted by Gasteiger charge is 2.65. The summed E-state index contributed by atoms with van der Waals surface area (Å²) in [5, 5.41) is 27.7. The Morgan fingerprint density at radius 1 is 0.864 bits per heavy atom. The molecule has 2 amide bonds. The van der Waals surface area contributed by atoms with E-state index >= 15 is 4.79 Å². The maximum Gasteiger partial charge on any atom is 0.412 e. The van der Waals surface area contributed by atoms with Crippen molar-refractivity contribution in [3.8, 4) is 23.0 Å². The Balaban J connectivity index is 1.38. The van der Waals surface area contributed by atoms with Crippen molar-refractivity contribution in [1.82, 2.24) is 10.2 Å². The summed E-state index contributed by atoms with van der Waals surface area (Å²) in [6, 6.07) is 10.2. The Morgan fingerprint density at radius 3 is 2.29 bits per heavy atom. The molecular weight excluding hydrogens is 839 g/mol. The van der Waals surface area contributed by atoms with E-state index in [0.29, 0.717) is 67.5 Å². The van der Waals surface area contributed by atoms with Crippen molar-refractivity contribution < 1.29 is 48.3 Å². The number of aliphatic hydroxyl groups excluding tert-OH is 2. The third kappa shape index (κ3) is 12.5. The molecule has 2 aliphatic carbocycles. The zero-order chi connectivity index (χ0) is 46.7. The van der Waals surface area contributed by atoms with Crippen molar-refractivity contribution in [1.29, 1.82) is 0 Å². The number of nitrogens with zero attached hydrogens (tertiary/aromatic N) is 2. The zero-order valence-electron chi connectivity index (χ0n) is 39.9. The molecule has 6 atom stereocenters. The van der Waals surface area contributed by atoms with E-state index in [1.807, 2.05) is 30.9 Å². The SMILES string of the molecule is C=CCO[C@@]12Oc3ccc(OC(=O)NCCCCCCCCCCCC)cc3[C@H]3[C@H](CCCCO)[C@@H](CCCCO)C=C(C(=NOCC)C[C@@H]1N(CCC)C(=O)c1ccc4c(c1)OCO4)[C@H]32. The van der Waals surface area contributed by atoms with E-state index in [0.717, 1.165) is 61.8 Å². The molecule has 3 N–H and O–H groups in total. The number of ether oxygens (including phenoxy) is 5. The number of carbonyl (C=O) groups is 2. The number of aliphatic hydroxyl groups is 2. The topological polar surface area (TPSA) is 158 Å². The number of nitrogens with one attached hydrogen (secondary N) is 1. The monoisotopic (exact) mass is 916 g/mol. The summed E-state index contributed by atoms with van der Waals surface area (Å²) in [4.78, 5) is 36.1. The summed E-state index contributed by atoms with van der Waals surface area (Å²) in [6.45, 7) is 11.9. The summed E-state index contributed by atoms with van der Waals surface area (Å²) in [7, 11) is 0. The third-order valence-electron chi connectivity index (χ3n) is 13.7. The van der Waals surface area contributed by atoms with Gasteiger partial charge in [0.2, 0.25) is 12.6 Å². The highest BCUT2D eigenvalue weighted by molar-refractivity contribution is 6.03. The van der Waals surface area contributed by atoms with Crippen LogP contribution in [0.15, 0.2) is 65.9 Å². The van der Waals surface area contributed by atoms with Crippen molar-refractivity contribution in [3.63, 3.8) is 0 Å². The minimum Gasteiger partial charge on any atom is -0.459 e. The van der Waals surface area contributed by atoms with Crippen molar-refractivity contribution in [2.24, 2.45) is 22.9 Å². The minimum atomic E-state index is -1.41. The van der Waals surface area contributed by atoms with Gasteiger partial charge in [-0.05, 0) is 99.3 Å². The van der Waals surface area contributed by atoms with Gasteiger partial charge < -0.3 is 49.0 Å². The van der Waals surface area contributed by atoms with Crippen molar-refractivity contribution in [2.75, 3.05) is 46.3 Å². The van der Waals surface area contributed by atoms with Crippen LogP contribution >= 0.6 is 0 Å². The van der Waals surface area contributed by atoms with Crippen molar-refractivity contribution in [2.45, 2.75) is 154 Å². The second-order valence-electron chi connectivity index (χ2n) is 18.3. The number of rotatable bonds is 29. The fourth-order valence-corrected chi connectivity index (χ4v) is 10.6. The van der Waals surface area contributed by atoms with Gasteiger partial charge >= 0.3 is 6.09 Å². The van der Waals surface area contributed by atoms with Crippen molar-refractivity contribution >= 4 is 17.7 Å². The molecule has 6 rings (SSSR count). The van der Waals surface area contributed by atoms with Crippen LogP contribution in [-0.2, 0) is 9.57 Å². The van der Waals surface area contributed by atoms with Crippen LogP contribution in [0.3, 0.4) is 0 Å². The number of carbonyl (C=O) groups excluding carboxylic acids is 2. The molecule has 13 nitrogen and oxygen atoms in total. The Labute approximate surface area is 393 Å². The second kappa shape index (κ2) is 26.1. The molecule has 0 bridgehead atoms. The molecule has 364 valence electrons. The maximum atomic E-state index is 15.0. The average Bonchev–Trinajstić information content (AvgIpc) is 3.81. The zero-order valence-corrected chi connectivity index (χ0v) is 39.9. The molecule has 1 fully saturated rings. The number of fused-ring (bicyclic) bond motifs is 3. The molecule has 0 saturated heterocycles. The average molecular weight is 916 g/mol. The Hall–Kier alpha value is -4.59. The summed E-state index contributed by atoms with van der Waals surface area (Å²) in [5.74, 6) is -0.182. The van der Waals surface area contributed by atoms with Gasteiger partial charge in [-0.15, -0.1) is 6.58 Å². The van der Waals surface area contributed by atoms with Crippen LogP contribution in [0.5, 0.6) is 23.0 Å². The van der Waals surface area contributed by atoms with Gasteiger partial charge in [0.05, 0.1) is 18.2 Å². The van der Waals surface area contributed by atoms with Gasteiger partial charge in [-0.25, -0.2) is 4.79 Å². The van der Waals surface area contributed by atoms with Gasteiger partial charge in [0.1, 0.15) is 24.1 Å². The molecule has 0 spiro atoms. The predicted octanol–water partition coefficient (Wildman–Crippen LogP) is 10.6. The van der Waals surface area contributed by atoms with Crippen LogP contribution in [-0.4, -0.2) is 91.0 Å². The van der Waals surface area contributed by atoms with Gasteiger partial charge in [-0.2, -0.15) is 0 Å². The number of hydrogen-bond acceptors (Lipinski definition) is 11. The Kier molecular flexibility index (Phi) is 20.1. The van der Waals surface area contributed by atoms with Crippen LogP contribution in [0, 0.1) is 17.8 Å². The molecule has 0 aromatic heterocycles. The maximum absolute atomic E-state index is 15.0. The predicted molar refractivity (Wildman–Crippen MR) is 256 cm³/mol. The molecule has 0 radical (unpaired) electrons. The van der Waals surface area contributed by atoms with E-state index in [2.05, 4.69) is 24.9 Å². The first-order chi connectivity index (χ1) is 32.3. The molecule has 13 heteroatoms. The largest absolute Gasteiger partial charge is 0.459 e. The number of amides is 2. The first kappa shape index (κ1) is 50.8. The molecule has 2 aromatic rings.